The highest BCUT2D eigenvalue weighted by atomic mass is 35.5. The maximum Gasteiger partial charge on any atom is 0.329 e. The molecule has 2 N–H and O–H groups in total. The van der Waals surface area contributed by atoms with Crippen molar-refractivity contribution in [1.29, 1.82) is 0 Å². The highest BCUT2D eigenvalue weighted by molar-refractivity contribution is 6.39. The van der Waals surface area contributed by atoms with Gasteiger partial charge in [0.15, 0.2) is 0 Å². The lowest BCUT2D eigenvalue weighted by Crippen LogP contribution is -2.32. The van der Waals surface area contributed by atoms with Gasteiger partial charge < -0.3 is 5.32 Å². The molecule has 2 rings (SSSR count). The fourth-order valence-corrected chi connectivity index (χ4v) is 1.81. The number of carbonyl (C=O) groups excluding carboxylic acids is 2. The minimum atomic E-state index is -0.858. The van der Waals surface area contributed by atoms with Crippen LogP contribution >= 0.6 is 11.6 Å². The van der Waals surface area contributed by atoms with E-state index in [-0.39, 0.29) is 0 Å². The van der Waals surface area contributed by atoms with Crippen LogP contribution in [0.25, 0.3) is 0 Å². The number of anilines is 1. The summed E-state index contributed by atoms with van der Waals surface area (Å²) in [5.41, 5.74) is 4.55. The van der Waals surface area contributed by atoms with Crippen LogP contribution in [0.5, 0.6) is 0 Å². The Morgan fingerprint density at radius 1 is 1.09 bits per heavy atom. The molecule has 6 heteroatoms. The third-order valence-corrected chi connectivity index (χ3v) is 2.98. The third-order valence-electron chi connectivity index (χ3n) is 2.75. The summed E-state index contributed by atoms with van der Waals surface area (Å²) in [7, 11) is 0. The zero-order chi connectivity index (χ0) is 15.9. The smallest absolute Gasteiger partial charge is 0.318 e. The van der Waals surface area contributed by atoms with Crippen molar-refractivity contribution < 1.29 is 9.59 Å². The van der Waals surface area contributed by atoms with Crippen LogP contribution in [0.3, 0.4) is 0 Å². The lowest BCUT2D eigenvalue weighted by molar-refractivity contribution is -0.136. The van der Waals surface area contributed by atoms with Gasteiger partial charge in [-0.3, -0.25) is 9.59 Å². The van der Waals surface area contributed by atoms with E-state index in [1.165, 1.54) is 6.21 Å². The van der Waals surface area contributed by atoms with E-state index in [0.717, 1.165) is 11.1 Å². The fraction of sp³-hybridized carbons (Fsp3) is 0.0625. The molecule has 22 heavy (non-hydrogen) atoms. The molecule has 2 amide bonds. The minimum absolute atomic E-state index is 0.440. The van der Waals surface area contributed by atoms with Crippen LogP contribution in [0.1, 0.15) is 11.1 Å². The molecule has 0 saturated heterocycles. The van der Waals surface area contributed by atoms with Gasteiger partial charge in [-0.05, 0) is 30.7 Å². The number of carbonyl (C=O) groups is 2. The second-order valence-corrected chi connectivity index (χ2v) is 5.01. The summed E-state index contributed by atoms with van der Waals surface area (Å²) in [6, 6.07) is 14.1. The summed E-state index contributed by atoms with van der Waals surface area (Å²) in [5.74, 6) is -1.67. The van der Waals surface area contributed by atoms with Crippen molar-refractivity contribution in [2.24, 2.45) is 5.10 Å². The number of benzene rings is 2. The number of hydrazone groups is 1. The molecule has 0 aliphatic heterocycles. The van der Waals surface area contributed by atoms with Crippen LogP contribution in [0.2, 0.25) is 5.02 Å². The lowest BCUT2D eigenvalue weighted by Gasteiger charge is -2.04. The van der Waals surface area contributed by atoms with E-state index in [9.17, 15) is 9.59 Å². The molecule has 0 unspecified atom stereocenters. The molecule has 0 heterocycles. The monoisotopic (exact) mass is 315 g/mol. The average molecular weight is 316 g/mol. The van der Waals surface area contributed by atoms with Gasteiger partial charge in [-0.15, -0.1) is 0 Å². The highest BCUT2D eigenvalue weighted by Gasteiger charge is 2.12. The maximum absolute atomic E-state index is 11.7. The molecule has 0 aliphatic rings. The van der Waals surface area contributed by atoms with Crippen molar-refractivity contribution in [3.05, 3.63) is 64.7 Å². The van der Waals surface area contributed by atoms with Gasteiger partial charge >= 0.3 is 11.8 Å². The summed E-state index contributed by atoms with van der Waals surface area (Å²) >= 11 is 5.80. The van der Waals surface area contributed by atoms with Crippen LogP contribution in [0, 0.1) is 6.92 Å². The fourth-order valence-electron chi connectivity index (χ4n) is 1.62. The Morgan fingerprint density at radius 2 is 1.82 bits per heavy atom. The van der Waals surface area contributed by atoms with E-state index in [0.29, 0.717) is 10.7 Å². The van der Waals surface area contributed by atoms with Crippen LogP contribution < -0.4 is 10.7 Å². The molecule has 0 radical (unpaired) electrons. The SMILES string of the molecule is Cc1ccc(/C=N/NC(=O)C(=O)Nc2cccc(Cl)c2)cc1. The van der Waals surface area contributed by atoms with Gasteiger partial charge in [-0.25, -0.2) is 5.43 Å². The summed E-state index contributed by atoms with van der Waals surface area (Å²) in [4.78, 5) is 23.3. The molecule has 2 aromatic rings. The Kier molecular flexibility index (Phi) is 5.27. The van der Waals surface area contributed by atoms with E-state index in [1.54, 1.807) is 24.3 Å². The van der Waals surface area contributed by atoms with Crippen molar-refractivity contribution in [1.82, 2.24) is 5.43 Å². The van der Waals surface area contributed by atoms with E-state index in [1.807, 2.05) is 31.2 Å². The summed E-state index contributed by atoms with van der Waals surface area (Å²) in [6.07, 6.45) is 1.46. The third kappa shape index (κ3) is 4.71. The number of amides is 2. The number of halogens is 1. The molecule has 0 saturated carbocycles. The highest BCUT2D eigenvalue weighted by Crippen LogP contribution is 2.14. The Bertz CT molecular complexity index is 712. The van der Waals surface area contributed by atoms with Crippen molar-refractivity contribution in [2.75, 3.05) is 5.32 Å². The van der Waals surface area contributed by atoms with E-state index >= 15 is 0 Å². The predicted octanol–water partition coefficient (Wildman–Crippen LogP) is 2.74. The molecule has 5 nitrogen and oxygen atoms in total. The first-order chi connectivity index (χ1) is 10.5. The summed E-state index contributed by atoms with van der Waals surface area (Å²) < 4.78 is 0. The molecular weight excluding hydrogens is 302 g/mol. The summed E-state index contributed by atoms with van der Waals surface area (Å²) in [5, 5.41) is 6.64. The summed E-state index contributed by atoms with van der Waals surface area (Å²) in [6.45, 7) is 1.98. The topological polar surface area (TPSA) is 70.6 Å². The zero-order valence-corrected chi connectivity index (χ0v) is 12.6. The Hall–Kier alpha value is -2.66. The number of hydrogen-bond acceptors (Lipinski definition) is 3. The second kappa shape index (κ2) is 7.38. The molecule has 2 aromatic carbocycles. The molecule has 0 fully saturated rings. The first-order valence-corrected chi connectivity index (χ1v) is 6.89. The average Bonchev–Trinajstić information content (AvgIpc) is 2.49. The molecule has 0 aromatic heterocycles. The standard InChI is InChI=1S/C16H14ClN3O2/c1-11-5-7-12(8-6-11)10-18-20-16(22)15(21)19-14-4-2-3-13(17)9-14/h2-10H,1H3,(H,19,21)(H,20,22)/b18-10+. The van der Waals surface area contributed by atoms with E-state index in [2.05, 4.69) is 15.8 Å². The molecule has 0 bridgehead atoms. The van der Waals surface area contributed by atoms with Crippen LogP contribution in [-0.2, 0) is 9.59 Å². The first kappa shape index (κ1) is 15.7. The van der Waals surface area contributed by atoms with Crippen molar-refractivity contribution >= 4 is 35.3 Å². The maximum atomic E-state index is 11.7. The molecule has 0 spiro atoms. The van der Waals surface area contributed by atoms with Crippen molar-refractivity contribution in [3.8, 4) is 0 Å². The van der Waals surface area contributed by atoms with Crippen LogP contribution in [0.4, 0.5) is 5.69 Å². The van der Waals surface area contributed by atoms with Crippen LogP contribution in [-0.4, -0.2) is 18.0 Å². The predicted molar refractivity (Wildman–Crippen MR) is 87.0 cm³/mol. The van der Waals surface area contributed by atoms with Crippen LogP contribution in [0.15, 0.2) is 53.6 Å². The number of nitrogens with one attached hydrogen (secondary N) is 2. The number of aryl methyl sites for hydroxylation is 1. The normalized spacial score (nSPS) is 10.5. The van der Waals surface area contributed by atoms with E-state index < -0.39 is 11.8 Å². The van der Waals surface area contributed by atoms with Gasteiger partial charge in [0, 0.05) is 10.7 Å². The number of hydrogen-bond donors (Lipinski definition) is 2. The molecule has 0 aliphatic carbocycles. The quantitative estimate of drug-likeness (QED) is 0.519. The first-order valence-electron chi connectivity index (χ1n) is 6.51. The lowest BCUT2D eigenvalue weighted by atomic mass is 10.2. The molecule has 0 atom stereocenters. The van der Waals surface area contributed by atoms with Gasteiger partial charge in [0.1, 0.15) is 0 Å². The minimum Gasteiger partial charge on any atom is -0.318 e. The zero-order valence-electron chi connectivity index (χ0n) is 11.8. The van der Waals surface area contributed by atoms with Gasteiger partial charge in [0.05, 0.1) is 6.21 Å². The number of nitrogens with zero attached hydrogens (tertiary/aromatic N) is 1. The van der Waals surface area contributed by atoms with Gasteiger partial charge in [0.2, 0.25) is 0 Å². The number of rotatable bonds is 3. The van der Waals surface area contributed by atoms with Crippen molar-refractivity contribution in [2.45, 2.75) is 6.92 Å². The Labute approximate surface area is 133 Å². The largest absolute Gasteiger partial charge is 0.329 e. The Balaban J connectivity index is 1.89. The second-order valence-electron chi connectivity index (χ2n) is 4.57. The van der Waals surface area contributed by atoms with Gasteiger partial charge in [-0.1, -0.05) is 47.5 Å². The van der Waals surface area contributed by atoms with Gasteiger partial charge in [0.25, 0.3) is 0 Å². The molecule has 112 valence electrons. The van der Waals surface area contributed by atoms with E-state index in [4.69, 9.17) is 11.6 Å². The van der Waals surface area contributed by atoms with Gasteiger partial charge in [-0.2, -0.15) is 5.10 Å². The van der Waals surface area contributed by atoms with Crippen molar-refractivity contribution in [3.63, 3.8) is 0 Å². The Morgan fingerprint density at radius 3 is 2.50 bits per heavy atom. The molecular formula is C16H14ClN3O2.